The highest BCUT2D eigenvalue weighted by Crippen LogP contribution is 2.27. The lowest BCUT2D eigenvalue weighted by atomic mass is 10.2. The molecule has 2 aliphatic rings. The number of halogens is 1. The van der Waals surface area contributed by atoms with Crippen LogP contribution in [0.15, 0.2) is 29.3 Å². The van der Waals surface area contributed by atoms with Gasteiger partial charge in [0.1, 0.15) is 6.54 Å². The number of carbonyl (C=O) groups is 1. The van der Waals surface area contributed by atoms with Crippen molar-refractivity contribution in [2.24, 2.45) is 4.99 Å². The van der Waals surface area contributed by atoms with Crippen molar-refractivity contribution in [2.45, 2.75) is 13.3 Å². The van der Waals surface area contributed by atoms with Crippen molar-refractivity contribution in [3.63, 3.8) is 0 Å². The zero-order valence-corrected chi connectivity index (χ0v) is 18.3. The number of para-hydroxylation sites is 1. The Morgan fingerprint density at radius 3 is 2.74 bits per heavy atom. The number of benzene rings is 1. The van der Waals surface area contributed by atoms with E-state index in [4.69, 9.17) is 4.74 Å². The van der Waals surface area contributed by atoms with E-state index in [1.165, 1.54) is 5.56 Å². The van der Waals surface area contributed by atoms with Crippen molar-refractivity contribution in [1.82, 2.24) is 15.5 Å². The predicted molar refractivity (Wildman–Crippen MR) is 119 cm³/mol. The number of carbonyl (C=O) groups excluding carboxylic acids is 1. The molecule has 0 saturated carbocycles. The van der Waals surface area contributed by atoms with E-state index in [-0.39, 0.29) is 36.4 Å². The first-order valence-electron chi connectivity index (χ1n) is 9.48. The van der Waals surface area contributed by atoms with E-state index in [2.05, 4.69) is 26.6 Å². The number of morpholine rings is 1. The third kappa shape index (κ3) is 6.32. The maximum absolute atomic E-state index is 12.6. The number of guanidine groups is 1. The Balaban J connectivity index is 0.00000261. The zero-order valence-electron chi connectivity index (χ0n) is 15.9. The minimum atomic E-state index is 0. The first-order chi connectivity index (χ1) is 12.8. The summed E-state index contributed by atoms with van der Waals surface area (Å²) in [4.78, 5) is 21.3. The van der Waals surface area contributed by atoms with Gasteiger partial charge in [-0.25, -0.2) is 4.99 Å². The Hall–Kier alpha value is -1.39. The van der Waals surface area contributed by atoms with Crippen molar-refractivity contribution in [3.8, 4) is 0 Å². The molecule has 2 aliphatic heterocycles. The molecule has 1 aromatic rings. The number of nitrogens with zero attached hydrogens (tertiary/aromatic N) is 3. The normalized spacial score (nSPS) is 17.2. The molecule has 8 heteroatoms. The fraction of sp³-hybridized carbons (Fsp3) is 0.579. The minimum Gasteiger partial charge on any atom is -0.379 e. The minimum absolute atomic E-state index is 0. The summed E-state index contributed by atoms with van der Waals surface area (Å²) in [5, 5.41) is 6.53. The lowest BCUT2D eigenvalue weighted by Crippen LogP contribution is -2.44. The Kier molecular flexibility index (Phi) is 9.29. The Bertz CT molecular complexity index is 634. The highest BCUT2D eigenvalue weighted by molar-refractivity contribution is 14.0. The van der Waals surface area contributed by atoms with Gasteiger partial charge in [-0.2, -0.15) is 0 Å². The smallest absolute Gasteiger partial charge is 0.248 e. The van der Waals surface area contributed by atoms with Crippen LogP contribution in [0.5, 0.6) is 0 Å². The van der Waals surface area contributed by atoms with Gasteiger partial charge in [0.25, 0.3) is 0 Å². The molecule has 150 valence electrons. The van der Waals surface area contributed by atoms with Crippen molar-refractivity contribution >= 4 is 41.5 Å². The van der Waals surface area contributed by atoms with Crippen LogP contribution < -0.4 is 15.5 Å². The molecular formula is C19H30IN5O2. The van der Waals surface area contributed by atoms with E-state index in [0.717, 1.165) is 64.6 Å². The number of rotatable bonds is 6. The van der Waals surface area contributed by atoms with Gasteiger partial charge in [0.2, 0.25) is 5.91 Å². The monoisotopic (exact) mass is 487 g/mol. The van der Waals surface area contributed by atoms with Crippen LogP contribution in [0.3, 0.4) is 0 Å². The summed E-state index contributed by atoms with van der Waals surface area (Å²) in [5.74, 6) is 0.738. The SMILES string of the molecule is CCNC(=NCC(=O)N1CCc2ccccc21)NCCN1CCOCC1.I. The Morgan fingerprint density at radius 1 is 1.19 bits per heavy atom. The van der Waals surface area contributed by atoms with Crippen LogP contribution in [0.25, 0.3) is 0 Å². The number of hydrogen-bond acceptors (Lipinski definition) is 4. The van der Waals surface area contributed by atoms with Crippen LogP contribution in [-0.4, -0.2) is 75.8 Å². The zero-order chi connectivity index (χ0) is 18.2. The summed E-state index contributed by atoms with van der Waals surface area (Å²) in [6.45, 7) is 9.00. The molecule has 1 fully saturated rings. The first-order valence-corrected chi connectivity index (χ1v) is 9.48. The van der Waals surface area contributed by atoms with Gasteiger partial charge in [-0.05, 0) is 25.0 Å². The lowest BCUT2D eigenvalue weighted by Gasteiger charge is -2.26. The first kappa shape index (κ1) is 21.9. The molecule has 3 rings (SSSR count). The number of anilines is 1. The van der Waals surface area contributed by atoms with Crippen molar-refractivity contribution in [2.75, 3.05) is 63.9 Å². The molecule has 0 radical (unpaired) electrons. The summed E-state index contributed by atoms with van der Waals surface area (Å²) < 4.78 is 5.36. The van der Waals surface area contributed by atoms with E-state index in [0.29, 0.717) is 5.96 Å². The van der Waals surface area contributed by atoms with Crippen LogP contribution in [0.4, 0.5) is 5.69 Å². The van der Waals surface area contributed by atoms with E-state index < -0.39 is 0 Å². The fourth-order valence-electron chi connectivity index (χ4n) is 3.33. The molecule has 2 N–H and O–H groups in total. The standard InChI is InChI=1S/C19H29N5O2.HI/c1-2-20-19(21-8-10-23-11-13-26-14-12-23)22-15-18(25)24-9-7-16-5-3-4-6-17(16)24;/h3-6H,2,7-15H2,1H3,(H2,20,21,22);1H. The van der Waals surface area contributed by atoms with Crippen molar-refractivity contribution < 1.29 is 9.53 Å². The molecule has 7 nitrogen and oxygen atoms in total. The molecule has 0 spiro atoms. The van der Waals surface area contributed by atoms with Crippen LogP contribution in [0.2, 0.25) is 0 Å². The van der Waals surface area contributed by atoms with Gasteiger partial charge in [0.05, 0.1) is 13.2 Å². The van der Waals surface area contributed by atoms with Crippen LogP contribution in [-0.2, 0) is 16.0 Å². The Labute approximate surface area is 178 Å². The van der Waals surface area contributed by atoms with E-state index in [1.807, 2.05) is 30.0 Å². The van der Waals surface area contributed by atoms with Gasteiger partial charge < -0.3 is 20.3 Å². The number of ether oxygens (including phenoxy) is 1. The summed E-state index contributed by atoms with van der Waals surface area (Å²) in [6.07, 6.45) is 0.920. The van der Waals surface area contributed by atoms with Crippen molar-refractivity contribution in [1.29, 1.82) is 0 Å². The predicted octanol–water partition coefficient (Wildman–Crippen LogP) is 1.08. The number of hydrogen-bond donors (Lipinski definition) is 2. The maximum atomic E-state index is 12.6. The van der Waals surface area contributed by atoms with E-state index >= 15 is 0 Å². The molecule has 1 aromatic carbocycles. The summed E-state index contributed by atoms with van der Waals surface area (Å²) >= 11 is 0. The van der Waals surface area contributed by atoms with Gasteiger partial charge in [-0.3, -0.25) is 9.69 Å². The molecule has 1 saturated heterocycles. The van der Waals surface area contributed by atoms with E-state index in [1.54, 1.807) is 0 Å². The molecule has 2 heterocycles. The average molecular weight is 487 g/mol. The second-order valence-electron chi connectivity index (χ2n) is 6.50. The molecule has 0 aliphatic carbocycles. The van der Waals surface area contributed by atoms with Crippen LogP contribution in [0, 0.1) is 0 Å². The average Bonchev–Trinajstić information content (AvgIpc) is 3.11. The van der Waals surface area contributed by atoms with Gasteiger partial charge >= 0.3 is 0 Å². The second kappa shape index (κ2) is 11.5. The highest BCUT2D eigenvalue weighted by atomic mass is 127. The van der Waals surface area contributed by atoms with Crippen molar-refractivity contribution in [3.05, 3.63) is 29.8 Å². The van der Waals surface area contributed by atoms with Gasteiger partial charge in [0, 0.05) is 45.0 Å². The summed E-state index contributed by atoms with van der Waals surface area (Å²) in [7, 11) is 0. The number of aliphatic imine (C=N–C) groups is 1. The molecule has 0 aromatic heterocycles. The maximum Gasteiger partial charge on any atom is 0.248 e. The lowest BCUT2D eigenvalue weighted by molar-refractivity contribution is -0.117. The fourth-order valence-corrected chi connectivity index (χ4v) is 3.33. The van der Waals surface area contributed by atoms with Gasteiger partial charge in [-0.1, -0.05) is 18.2 Å². The summed E-state index contributed by atoms with van der Waals surface area (Å²) in [6, 6.07) is 8.09. The van der Waals surface area contributed by atoms with Crippen LogP contribution >= 0.6 is 24.0 Å². The molecule has 0 unspecified atom stereocenters. The molecule has 0 atom stereocenters. The van der Waals surface area contributed by atoms with Crippen LogP contribution in [0.1, 0.15) is 12.5 Å². The third-order valence-electron chi connectivity index (χ3n) is 4.73. The van der Waals surface area contributed by atoms with Gasteiger partial charge in [-0.15, -0.1) is 24.0 Å². The molecular weight excluding hydrogens is 457 g/mol. The summed E-state index contributed by atoms with van der Waals surface area (Å²) in [5.41, 5.74) is 2.26. The second-order valence-corrected chi connectivity index (χ2v) is 6.50. The molecule has 0 bridgehead atoms. The topological polar surface area (TPSA) is 69.2 Å². The largest absolute Gasteiger partial charge is 0.379 e. The Morgan fingerprint density at radius 2 is 1.96 bits per heavy atom. The molecule has 27 heavy (non-hydrogen) atoms. The van der Waals surface area contributed by atoms with E-state index in [9.17, 15) is 4.79 Å². The number of amides is 1. The number of fused-ring (bicyclic) bond motifs is 1. The van der Waals surface area contributed by atoms with Gasteiger partial charge in [0.15, 0.2) is 5.96 Å². The molecule has 1 amide bonds. The quantitative estimate of drug-likeness (QED) is 0.357. The highest BCUT2D eigenvalue weighted by Gasteiger charge is 2.23. The third-order valence-corrected chi connectivity index (χ3v) is 4.73. The number of nitrogens with one attached hydrogen (secondary N) is 2.